The number of anilines is 2. The molecule has 100 valence electrons. The first-order valence-corrected chi connectivity index (χ1v) is 6.44. The van der Waals surface area contributed by atoms with Crippen LogP contribution in [0.2, 0.25) is 0 Å². The molecule has 0 saturated heterocycles. The molecule has 0 aromatic heterocycles. The van der Waals surface area contributed by atoms with Crippen molar-refractivity contribution in [3.63, 3.8) is 0 Å². The minimum atomic E-state index is -0.491. The lowest BCUT2D eigenvalue weighted by molar-refractivity contribution is -0.120. The molecule has 1 amide bonds. The maximum atomic E-state index is 13.6. The van der Waals surface area contributed by atoms with E-state index in [2.05, 4.69) is 5.32 Å². The fourth-order valence-corrected chi connectivity index (χ4v) is 1.97. The van der Waals surface area contributed by atoms with Gasteiger partial charge in [0.05, 0.1) is 5.69 Å². The van der Waals surface area contributed by atoms with Crippen molar-refractivity contribution in [3.8, 4) is 0 Å². The maximum Gasteiger partial charge on any atom is 0.227 e. The monoisotopic (exact) mass is 252 g/mol. The van der Waals surface area contributed by atoms with Crippen LogP contribution in [-0.4, -0.2) is 5.91 Å². The second-order valence-electron chi connectivity index (χ2n) is 4.50. The molecule has 0 heterocycles. The lowest BCUT2D eigenvalue weighted by atomic mass is 9.97. The highest BCUT2D eigenvalue weighted by Gasteiger charge is 2.17. The second-order valence-corrected chi connectivity index (χ2v) is 4.50. The molecule has 1 aromatic carbocycles. The summed E-state index contributed by atoms with van der Waals surface area (Å²) in [6.45, 7) is 4.08. The van der Waals surface area contributed by atoms with E-state index in [1.165, 1.54) is 12.1 Å². The summed E-state index contributed by atoms with van der Waals surface area (Å²) in [6, 6.07) is 4.29. The van der Waals surface area contributed by atoms with E-state index in [-0.39, 0.29) is 17.5 Å². The summed E-state index contributed by atoms with van der Waals surface area (Å²) in [5.41, 5.74) is 6.01. The van der Waals surface area contributed by atoms with Crippen LogP contribution >= 0.6 is 0 Å². The zero-order valence-electron chi connectivity index (χ0n) is 11.0. The highest BCUT2D eigenvalue weighted by Crippen LogP contribution is 2.20. The first kappa shape index (κ1) is 14.5. The molecule has 0 spiro atoms. The summed E-state index contributed by atoms with van der Waals surface area (Å²) in [4.78, 5) is 12.0. The van der Waals surface area contributed by atoms with Crippen LogP contribution in [0.15, 0.2) is 18.2 Å². The van der Waals surface area contributed by atoms with E-state index in [0.29, 0.717) is 5.69 Å². The number of carbonyl (C=O) groups excluding carboxylic acids is 1. The van der Waals surface area contributed by atoms with Crippen LogP contribution in [0, 0.1) is 11.7 Å². The first-order valence-electron chi connectivity index (χ1n) is 6.44. The lowest BCUT2D eigenvalue weighted by Crippen LogP contribution is -2.23. The number of nitrogens with two attached hydrogens (primary N) is 1. The van der Waals surface area contributed by atoms with Crippen LogP contribution in [0.1, 0.15) is 39.5 Å². The summed E-state index contributed by atoms with van der Waals surface area (Å²) in [6.07, 6.45) is 3.55. The molecule has 0 saturated carbocycles. The number of rotatable bonds is 6. The molecular weight excluding hydrogens is 231 g/mol. The molecule has 0 atom stereocenters. The van der Waals surface area contributed by atoms with Gasteiger partial charge in [0.25, 0.3) is 0 Å². The maximum absolute atomic E-state index is 13.6. The molecule has 0 bridgehead atoms. The molecule has 0 aliphatic heterocycles. The highest BCUT2D eigenvalue weighted by molar-refractivity contribution is 5.92. The average Bonchev–Trinajstić information content (AvgIpc) is 2.32. The Morgan fingerprint density at radius 1 is 1.33 bits per heavy atom. The van der Waals surface area contributed by atoms with Crippen LogP contribution in [0.25, 0.3) is 0 Å². The summed E-state index contributed by atoms with van der Waals surface area (Å²) in [7, 11) is 0. The van der Waals surface area contributed by atoms with E-state index < -0.39 is 5.82 Å². The summed E-state index contributed by atoms with van der Waals surface area (Å²) in [5.74, 6) is -0.644. The number of hydrogen-bond acceptors (Lipinski definition) is 2. The Labute approximate surface area is 108 Å². The standard InChI is InChI=1S/C14H21FN2O/c1-3-5-10(6-4-2)14(18)17-13-8-7-11(16)9-12(13)15/h7-10H,3-6,16H2,1-2H3,(H,17,18). The molecule has 0 unspecified atom stereocenters. The van der Waals surface area contributed by atoms with Crippen molar-refractivity contribution in [1.82, 2.24) is 0 Å². The van der Waals surface area contributed by atoms with Crippen molar-refractivity contribution in [3.05, 3.63) is 24.0 Å². The molecule has 18 heavy (non-hydrogen) atoms. The molecule has 0 fully saturated rings. The van der Waals surface area contributed by atoms with Gasteiger partial charge in [0.2, 0.25) is 5.91 Å². The Morgan fingerprint density at radius 3 is 2.44 bits per heavy atom. The molecule has 1 rings (SSSR count). The van der Waals surface area contributed by atoms with Gasteiger partial charge in [0.15, 0.2) is 0 Å². The Morgan fingerprint density at radius 2 is 1.94 bits per heavy atom. The van der Waals surface area contributed by atoms with Gasteiger partial charge in [-0.25, -0.2) is 4.39 Å². The first-order chi connectivity index (χ1) is 8.58. The van der Waals surface area contributed by atoms with Gasteiger partial charge in [-0.2, -0.15) is 0 Å². The SMILES string of the molecule is CCCC(CCC)C(=O)Nc1ccc(N)cc1F. The normalized spacial score (nSPS) is 10.7. The highest BCUT2D eigenvalue weighted by atomic mass is 19.1. The van der Waals surface area contributed by atoms with E-state index in [9.17, 15) is 9.18 Å². The van der Waals surface area contributed by atoms with Crippen molar-refractivity contribution in [2.45, 2.75) is 39.5 Å². The third-order valence-corrected chi connectivity index (χ3v) is 2.90. The van der Waals surface area contributed by atoms with Crippen molar-refractivity contribution < 1.29 is 9.18 Å². The molecule has 4 heteroatoms. The van der Waals surface area contributed by atoms with Crippen LogP contribution in [-0.2, 0) is 4.79 Å². The van der Waals surface area contributed by atoms with Crippen LogP contribution < -0.4 is 11.1 Å². The Balaban J connectivity index is 2.72. The second kappa shape index (κ2) is 6.99. The zero-order chi connectivity index (χ0) is 13.5. The Bertz CT molecular complexity index is 401. The number of halogens is 1. The quantitative estimate of drug-likeness (QED) is 0.760. The van der Waals surface area contributed by atoms with E-state index in [4.69, 9.17) is 5.73 Å². The molecule has 0 radical (unpaired) electrons. The third-order valence-electron chi connectivity index (χ3n) is 2.90. The molecular formula is C14H21FN2O. The smallest absolute Gasteiger partial charge is 0.227 e. The van der Waals surface area contributed by atoms with E-state index >= 15 is 0 Å². The Hall–Kier alpha value is -1.58. The van der Waals surface area contributed by atoms with Crippen LogP contribution in [0.4, 0.5) is 15.8 Å². The van der Waals surface area contributed by atoms with Gasteiger partial charge in [-0.15, -0.1) is 0 Å². The van der Waals surface area contributed by atoms with Crippen LogP contribution in [0.5, 0.6) is 0 Å². The van der Waals surface area contributed by atoms with E-state index in [1.54, 1.807) is 6.07 Å². The lowest BCUT2D eigenvalue weighted by Gasteiger charge is -2.15. The largest absolute Gasteiger partial charge is 0.399 e. The van der Waals surface area contributed by atoms with E-state index in [1.807, 2.05) is 13.8 Å². The van der Waals surface area contributed by atoms with Gasteiger partial charge in [-0.1, -0.05) is 26.7 Å². The fourth-order valence-electron chi connectivity index (χ4n) is 1.97. The minimum absolute atomic E-state index is 0.0445. The number of benzene rings is 1. The van der Waals surface area contributed by atoms with Crippen molar-refractivity contribution in [2.24, 2.45) is 5.92 Å². The van der Waals surface area contributed by atoms with Crippen molar-refractivity contribution in [2.75, 3.05) is 11.1 Å². The van der Waals surface area contributed by atoms with Crippen molar-refractivity contribution in [1.29, 1.82) is 0 Å². The molecule has 3 nitrogen and oxygen atoms in total. The molecule has 1 aromatic rings. The van der Waals surface area contributed by atoms with E-state index in [0.717, 1.165) is 25.7 Å². The summed E-state index contributed by atoms with van der Waals surface area (Å²) < 4.78 is 13.6. The van der Waals surface area contributed by atoms with Gasteiger partial charge in [0.1, 0.15) is 5.82 Å². The molecule has 0 aliphatic rings. The summed E-state index contributed by atoms with van der Waals surface area (Å²) in [5, 5.41) is 2.64. The van der Waals surface area contributed by atoms with Gasteiger partial charge < -0.3 is 11.1 Å². The number of nitrogens with one attached hydrogen (secondary N) is 1. The third kappa shape index (κ3) is 4.02. The number of hydrogen-bond donors (Lipinski definition) is 2. The van der Waals surface area contributed by atoms with Gasteiger partial charge in [-0.3, -0.25) is 4.79 Å². The molecule has 0 aliphatic carbocycles. The molecule has 3 N–H and O–H groups in total. The average molecular weight is 252 g/mol. The predicted octanol–water partition coefficient (Wildman–Crippen LogP) is 3.56. The van der Waals surface area contributed by atoms with Gasteiger partial charge in [-0.05, 0) is 31.0 Å². The number of carbonyl (C=O) groups is 1. The topological polar surface area (TPSA) is 55.1 Å². The van der Waals surface area contributed by atoms with Crippen LogP contribution in [0.3, 0.4) is 0 Å². The predicted molar refractivity (Wildman–Crippen MR) is 72.7 cm³/mol. The van der Waals surface area contributed by atoms with Crippen molar-refractivity contribution >= 4 is 17.3 Å². The number of nitrogen functional groups attached to an aromatic ring is 1. The van der Waals surface area contributed by atoms with Gasteiger partial charge in [0, 0.05) is 11.6 Å². The zero-order valence-corrected chi connectivity index (χ0v) is 11.0. The minimum Gasteiger partial charge on any atom is -0.399 e. The Kier molecular flexibility index (Phi) is 5.62. The number of amides is 1. The summed E-state index contributed by atoms with van der Waals surface area (Å²) >= 11 is 0. The van der Waals surface area contributed by atoms with Gasteiger partial charge >= 0.3 is 0 Å². The fraction of sp³-hybridized carbons (Fsp3) is 0.500.